The third-order valence-electron chi connectivity index (χ3n) is 3.83. The molecule has 0 atom stereocenters. The molecular weight excluding hydrogens is 401 g/mol. The molecule has 0 aliphatic carbocycles. The molecule has 0 aliphatic heterocycles. The van der Waals surface area contributed by atoms with E-state index in [4.69, 9.17) is 0 Å². The van der Waals surface area contributed by atoms with Gasteiger partial charge in [-0.15, -0.1) is 0 Å². The molecule has 1 amide bonds. The van der Waals surface area contributed by atoms with Crippen LogP contribution in [0.2, 0.25) is 0 Å². The van der Waals surface area contributed by atoms with Crippen molar-refractivity contribution in [2.75, 3.05) is 10.0 Å². The highest BCUT2D eigenvalue weighted by Crippen LogP contribution is 2.26. The average molecular weight is 420 g/mol. The van der Waals surface area contributed by atoms with Gasteiger partial charge in [0.1, 0.15) is 10.7 Å². The van der Waals surface area contributed by atoms with Gasteiger partial charge in [-0.2, -0.15) is 0 Å². The number of carbonyl (C=O) groups is 1. The van der Waals surface area contributed by atoms with Crippen LogP contribution < -0.4 is 10.0 Å². The second-order valence-electron chi connectivity index (χ2n) is 6.32. The summed E-state index contributed by atoms with van der Waals surface area (Å²) in [6.45, 7) is 5.49. The molecule has 0 fully saturated rings. The predicted molar refractivity (Wildman–Crippen MR) is 108 cm³/mol. The minimum Gasteiger partial charge on any atom is -0.321 e. The number of nitrogens with one attached hydrogen (secondary N) is 2. The van der Waals surface area contributed by atoms with Crippen molar-refractivity contribution in [2.45, 2.75) is 25.7 Å². The van der Waals surface area contributed by atoms with Crippen molar-refractivity contribution >= 4 is 38.1 Å². The average Bonchev–Trinajstić information content (AvgIpc) is 2.94. The molecule has 28 heavy (non-hydrogen) atoms. The van der Waals surface area contributed by atoms with E-state index in [0.29, 0.717) is 16.3 Å². The Morgan fingerprint density at radius 2 is 1.64 bits per heavy atom. The first-order chi connectivity index (χ1) is 13.1. The smallest absolute Gasteiger partial charge is 0.267 e. The largest absolute Gasteiger partial charge is 0.321 e. The Morgan fingerprint density at radius 1 is 1.04 bits per heavy atom. The Kier molecular flexibility index (Phi) is 5.48. The summed E-state index contributed by atoms with van der Waals surface area (Å²) in [6.07, 6.45) is 0. The number of aromatic nitrogens is 1. The van der Waals surface area contributed by atoms with Gasteiger partial charge in [-0.05, 0) is 68.3 Å². The summed E-state index contributed by atoms with van der Waals surface area (Å²) in [5, 5.41) is 2.87. The Balaban J connectivity index is 1.80. The van der Waals surface area contributed by atoms with Crippen LogP contribution in [0, 0.1) is 26.6 Å². The van der Waals surface area contributed by atoms with E-state index in [-0.39, 0.29) is 15.9 Å². The second-order valence-corrected chi connectivity index (χ2v) is 9.00. The molecule has 3 rings (SSSR count). The molecule has 3 aromatic rings. The number of carbonyl (C=O) groups excluding carboxylic acids is 1. The van der Waals surface area contributed by atoms with E-state index >= 15 is 0 Å². The number of hydrogen-bond donors (Lipinski definition) is 2. The molecule has 2 aromatic carbocycles. The van der Waals surface area contributed by atoms with Crippen molar-refractivity contribution in [1.29, 1.82) is 0 Å². The fraction of sp³-hybridized carbons (Fsp3) is 0.158. The fourth-order valence-corrected chi connectivity index (χ4v) is 4.77. The Labute approximate surface area is 166 Å². The van der Waals surface area contributed by atoms with E-state index in [9.17, 15) is 17.6 Å². The Hall–Kier alpha value is -2.78. The van der Waals surface area contributed by atoms with Gasteiger partial charge in [-0.25, -0.2) is 17.8 Å². The highest BCUT2D eigenvalue weighted by molar-refractivity contribution is 7.93. The standard InChI is InChI=1S/C19H18FN3O3S2/c1-11-8-12(2)10-15(9-11)22-18(24)17-13(3)21-19(27-17)23-28(25,26)16-6-4-14(20)5-7-16/h4-10H,1-3H3,(H,21,23)(H,22,24). The van der Waals surface area contributed by atoms with Crippen LogP contribution in [-0.2, 0) is 10.0 Å². The number of aryl methyl sites for hydroxylation is 3. The lowest BCUT2D eigenvalue weighted by atomic mass is 10.1. The minimum absolute atomic E-state index is 0.0624. The SMILES string of the molecule is Cc1cc(C)cc(NC(=O)c2sc(NS(=O)(=O)c3ccc(F)cc3)nc2C)c1. The zero-order valence-electron chi connectivity index (χ0n) is 15.4. The first kappa shape index (κ1) is 20.0. The molecule has 0 aliphatic rings. The van der Waals surface area contributed by atoms with Gasteiger partial charge in [-0.1, -0.05) is 17.4 Å². The number of halogens is 1. The van der Waals surface area contributed by atoms with Crippen LogP contribution >= 0.6 is 11.3 Å². The molecule has 0 bridgehead atoms. The van der Waals surface area contributed by atoms with Crippen LogP contribution in [0.3, 0.4) is 0 Å². The van der Waals surface area contributed by atoms with E-state index in [1.165, 1.54) is 0 Å². The van der Waals surface area contributed by atoms with E-state index in [0.717, 1.165) is 46.7 Å². The van der Waals surface area contributed by atoms with Gasteiger partial charge < -0.3 is 5.32 Å². The Morgan fingerprint density at radius 3 is 2.25 bits per heavy atom. The van der Waals surface area contributed by atoms with Gasteiger partial charge in [0.05, 0.1) is 10.6 Å². The van der Waals surface area contributed by atoms with Gasteiger partial charge in [0.15, 0.2) is 5.13 Å². The molecular formula is C19H18FN3O3S2. The molecule has 146 valence electrons. The van der Waals surface area contributed by atoms with Crippen molar-refractivity contribution in [2.24, 2.45) is 0 Å². The summed E-state index contributed by atoms with van der Waals surface area (Å²) in [7, 11) is -3.93. The molecule has 9 heteroatoms. The summed E-state index contributed by atoms with van der Waals surface area (Å²) >= 11 is 0.932. The number of benzene rings is 2. The van der Waals surface area contributed by atoms with Crippen LogP contribution in [0.4, 0.5) is 15.2 Å². The first-order valence-corrected chi connectivity index (χ1v) is 10.6. The van der Waals surface area contributed by atoms with E-state index in [1.54, 1.807) is 6.92 Å². The third-order valence-corrected chi connectivity index (χ3v) is 6.38. The number of amides is 1. The number of hydrogen-bond acceptors (Lipinski definition) is 5. The highest BCUT2D eigenvalue weighted by atomic mass is 32.2. The van der Waals surface area contributed by atoms with Gasteiger partial charge in [0.25, 0.3) is 15.9 Å². The Bertz CT molecular complexity index is 1120. The number of rotatable bonds is 5. The van der Waals surface area contributed by atoms with Crippen molar-refractivity contribution < 1.29 is 17.6 Å². The molecule has 0 saturated heterocycles. The summed E-state index contributed by atoms with van der Waals surface area (Å²) in [4.78, 5) is 16.9. The number of thiazole rings is 1. The highest BCUT2D eigenvalue weighted by Gasteiger charge is 2.20. The minimum atomic E-state index is -3.93. The lowest BCUT2D eigenvalue weighted by Crippen LogP contribution is -2.12. The van der Waals surface area contributed by atoms with Crippen molar-refractivity contribution in [3.63, 3.8) is 0 Å². The number of anilines is 2. The van der Waals surface area contributed by atoms with Gasteiger partial charge >= 0.3 is 0 Å². The third kappa shape index (κ3) is 4.55. The lowest BCUT2D eigenvalue weighted by molar-refractivity contribution is 0.103. The van der Waals surface area contributed by atoms with Gasteiger partial charge in [0, 0.05) is 5.69 Å². The quantitative estimate of drug-likeness (QED) is 0.647. The zero-order chi connectivity index (χ0) is 20.5. The molecule has 1 heterocycles. The maximum Gasteiger partial charge on any atom is 0.267 e. The summed E-state index contributed by atoms with van der Waals surface area (Å²) in [5.74, 6) is -0.901. The van der Waals surface area contributed by atoms with E-state index in [1.807, 2.05) is 32.0 Å². The van der Waals surface area contributed by atoms with E-state index < -0.39 is 15.8 Å². The normalized spacial score (nSPS) is 11.3. The number of nitrogens with zero attached hydrogens (tertiary/aromatic N) is 1. The molecule has 0 saturated carbocycles. The molecule has 6 nitrogen and oxygen atoms in total. The first-order valence-electron chi connectivity index (χ1n) is 8.29. The molecule has 0 radical (unpaired) electrons. The lowest BCUT2D eigenvalue weighted by Gasteiger charge is -2.06. The molecule has 0 spiro atoms. The van der Waals surface area contributed by atoms with Crippen LogP contribution in [-0.4, -0.2) is 19.3 Å². The summed E-state index contributed by atoms with van der Waals surface area (Å²) < 4.78 is 40.1. The molecule has 0 unspecified atom stereocenters. The van der Waals surface area contributed by atoms with Crippen molar-refractivity contribution in [1.82, 2.24) is 4.98 Å². The maximum absolute atomic E-state index is 13.0. The van der Waals surface area contributed by atoms with Crippen LogP contribution in [0.25, 0.3) is 0 Å². The van der Waals surface area contributed by atoms with Crippen molar-refractivity contribution in [3.8, 4) is 0 Å². The maximum atomic E-state index is 13.0. The predicted octanol–water partition coefficient (Wildman–Crippen LogP) is 4.26. The molecule has 1 aromatic heterocycles. The number of sulfonamides is 1. The van der Waals surface area contributed by atoms with Crippen molar-refractivity contribution in [3.05, 3.63) is 70.0 Å². The van der Waals surface area contributed by atoms with Crippen LogP contribution in [0.1, 0.15) is 26.5 Å². The van der Waals surface area contributed by atoms with Gasteiger partial charge in [-0.3, -0.25) is 9.52 Å². The fourth-order valence-electron chi connectivity index (χ4n) is 2.67. The van der Waals surface area contributed by atoms with E-state index in [2.05, 4.69) is 15.0 Å². The van der Waals surface area contributed by atoms with Crippen LogP contribution in [0.15, 0.2) is 47.4 Å². The monoisotopic (exact) mass is 419 g/mol. The zero-order valence-corrected chi connectivity index (χ0v) is 17.0. The summed E-state index contributed by atoms with van der Waals surface area (Å²) in [6, 6.07) is 10.1. The summed E-state index contributed by atoms with van der Waals surface area (Å²) in [5.41, 5.74) is 3.10. The van der Waals surface area contributed by atoms with Crippen LogP contribution in [0.5, 0.6) is 0 Å². The van der Waals surface area contributed by atoms with Gasteiger partial charge in [0.2, 0.25) is 0 Å². The second kappa shape index (κ2) is 7.69. The molecule has 2 N–H and O–H groups in total. The topological polar surface area (TPSA) is 88.2 Å².